The van der Waals surface area contributed by atoms with E-state index >= 15 is 0 Å². The van der Waals surface area contributed by atoms with Gasteiger partial charge in [-0.25, -0.2) is 4.79 Å². The van der Waals surface area contributed by atoms with Crippen molar-refractivity contribution in [3.05, 3.63) is 11.6 Å². The van der Waals surface area contributed by atoms with E-state index in [1.807, 2.05) is 6.08 Å². The van der Waals surface area contributed by atoms with Crippen LogP contribution in [0.2, 0.25) is 0 Å². The van der Waals surface area contributed by atoms with Crippen LogP contribution in [0.5, 0.6) is 0 Å². The molecule has 1 N–H and O–H groups in total. The smallest absolute Gasteiger partial charge is 0.331 e. The Hall–Kier alpha value is -0.790. The number of hydrogen-bond donors (Lipinski definition) is 1. The first-order valence-corrected chi connectivity index (χ1v) is 7.37. The Morgan fingerprint density at radius 2 is 2.22 bits per heavy atom. The second kappa shape index (κ2) is 3.85. The standard InChI is InChI=1S/C16H24O2/c1-9(2)10-6-7-16(3)8-12-11(15(17)18)4-5-13(16)14(10)12/h4,9-10,12-14H,5-8H2,1-3H3,(H,17,18). The minimum Gasteiger partial charge on any atom is -0.478 e. The predicted octanol–water partition coefficient (Wildman–Crippen LogP) is 3.73. The first kappa shape index (κ1) is 12.3. The molecule has 100 valence electrons. The van der Waals surface area contributed by atoms with E-state index in [9.17, 15) is 9.90 Å². The molecule has 3 aliphatic rings. The lowest BCUT2D eigenvalue weighted by Gasteiger charge is -2.46. The Morgan fingerprint density at radius 3 is 2.83 bits per heavy atom. The average Bonchev–Trinajstić information content (AvgIpc) is 2.44. The molecule has 4 bridgehead atoms. The highest BCUT2D eigenvalue weighted by Crippen LogP contribution is 2.65. The summed E-state index contributed by atoms with van der Waals surface area (Å²) >= 11 is 0. The van der Waals surface area contributed by atoms with Gasteiger partial charge in [0.15, 0.2) is 0 Å². The highest BCUT2D eigenvalue weighted by molar-refractivity contribution is 5.87. The zero-order valence-corrected chi connectivity index (χ0v) is 11.6. The van der Waals surface area contributed by atoms with Crippen molar-refractivity contribution < 1.29 is 9.90 Å². The minimum absolute atomic E-state index is 0.334. The van der Waals surface area contributed by atoms with Crippen molar-refractivity contribution >= 4 is 5.97 Å². The largest absolute Gasteiger partial charge is 0.478 e. The number of carboxylic acid groups (broad SMARTS) is 1. The molecule has 0 aromatic carbocycles. The van der Waals surface area contributed by atoms with Gasteiger partial charge in [0.2, 0.25) is 0 Å². The Morgan fingerprint density at radius 1 is 1.50 bits per heavy atom. The molecule has 0 aromatic rings. The van der Waals surface area contributed by atoms with Gasteiger partial charge in [-0.3, -0.25) is 0 Å². The van der Waals surface area contributed by atoms with Gasteiger partial charge in [-0.05, 0) is 60.7 Å². The molecule has 0 saturated heterocycles. The van der Waals surface area contributed by atoms with Crippen LogP contribution in [0.1, 0.15) is 46.5 Å². The third-order valence-electron chi connectivity index (χ3n) is 6.15. The van der Waals surface area contributed by atoms with Gasteiger partial charge in [-0.1, -0.05) is 26.8 Å². The fourth-order valence-electron chi connectivity index (χ4n) is 5.30. The van der Waals surface area contributed by atoms with Gasteiger partial charge in [-0.15, -0.1) is 0 Å². The number of allylic oxidation sites excluding steroid dienone is 1. The molecule has 18 heavy (non-hydrogen) atoms. The molecule has 2 heteroatoms. The Balaban J connectivity index is 2.00. The molecule has 0 amide bonds. The first-order valence-electron chi connectivity index (χ1n) is 7.37. The Bertz CT molecular complexity index is 409. The normalized spacial score (nSPS) is 46.1. The fraction of sp³-hybridized carbons (Fsp3) is 0.812. The van der Waals surface area contributed by atoms with E-state index in [-0.39, 0.29) is 0 Å². The molecule has 0 aliphatic heterocycles. The quantitative estimate of drug-likeness (QED) is 0.808. The van der Waals surface area contributed by atoms with E-state index in [0.29, 0.717) is 23.2 Å². The van der Waals surface area contributed by atoms with Crippen molar-refractivity contribution in [2.75, 3.05) is 0 Å². The van der Waals surface area contributed by atoms with E-state index in [2.05, 4.69) is 20.8 Å². The van der Waals surface area contributed by atoms with Crippen molar-refractivity contribution in [3.8, 4) is 0 Å². The Kier molecular flexibility index (Phi) is 2.62. The lowest BCUT2D eigenvalue weighted by molar-refractivity contribution is -0.133. The first-order chi connectivity index (χ1) is 8.44. The number of hydrogen-bond acceptors (Lipinski definition) is 1. The topological polar surface area (TPSA) is 37.3 Å². The summed E-state index contributed by atoms with van der Waals surface area (Å²) in [6.45, 7) is 7.02. The maximum atomic E-state index is 11.4. The van der Waals surface area contributed by atoms with E-state index in [0.717, 1.165) is 30.3 Å². The van der Waals surface area contributed by atoms with Crippen molar-refractivity contribution in [3.63, 3.8) is 0 Å². The lowest BCUT2D eigenvalue weighted by Crippen LogP contribution is -2.39. The maximum absolute atomic E-state index is 11.4. The van der Waals surface area contributed by atoms with Crippen LogP contribution in [0.25, 0.3) is 0 Å². The highest BCUT2D eigenvalue weighted by Gasteiger charge is 2.58. The Labute approximate surface area is 109 Å². The SMILES string of the molecule is CC(C)C1CCC2(C)CC3C(C(=O)O)=CCC2C31. The molecule has 0 aromatic heterocycles. The van der Waals surface area contributed by atoms with Gasteiger partial charge in [0.25, 0.3) is 0 Å². The van der Waals surface area contributed by atoms with E-state index in [1.165, 1.54) is 12.8 Å². The van der Waals surface area contributed by atoms with Gasteiger partial charge in [0.05, 0.1) is 0 Å². The molecule has 3 aliphatic carbocycles. The van der Waals surface area contributed by atoms with Crippen molar-refractivity contribution in [1.29, 1.82) is 0 Å². The number of rotatable bonds is 2. The zero-order valence-electron chi connectivity index (χ0n) is 11.6. The van der Waals surface area contributed by atoms with Crippen molar-refractivity contribution in [2.24, 2.45) is 35.0 Å². The average molecular weight is 248 g/mol. The summed E-state index contributed by atoms with van der Waals surface area (Å²) in [5.74, 6) is 2.47. The maximum Gasteiger partial charge on any atom is 0.331 e. The number of carbonyl (C=O) groups is 1. The molecule has 0 spiro atoms. The monoisotopic (exact) mass is 248 g/mol. The summed E-state index contributed by atoms with van der Waals surface area (Å²) in [6.07, 6.45) is 6.75. The second-order valence-corrected chi connectivity index (χ2v) is 7.30. The van der Waals surface area contributed by atoms with Gasteiger partial charge in [0, 0.05) is 5.57 Å². The van der Waals surface area contributed by atoms with Crippen molar-refractivity contribution in [1.82, 2.24) is 0 Å². The molecule has 5 atom stereocenters. The van der Waals surface area contributed by atoms with Crippen LogP contribution in [0.15, 0.2) is 11.6 Å². The van der Waals surface area contributed by atoms with Crippen LogP contribution in [0.3, 0.4) is 0 Å². The minimum atomic E-state index is -0.669. The van der Waals surface area contributed by atoms with Crippen LogP contribution >= 0.6 is 0 Å². The van der Waals surface area contributed by atoms with Crippen molar-refractivity contribution in [2.45, 2.75) is 46.5 Å². The number of aliphatic carboxylic acids is 1. The fourth-order valence-corrected chi connectivity index (χ4v) is 5.30. The summed E-state index contributed by atoms with van der Waals surface area (Å²) in [5, 5.41) is 9.42. The summed E-state index contributed by atoms with van der Waals surface area (Å²) in [5.41, 5.74) is 1.14. The lowest BCUT2D eigenvalue weighted by atomic mass is 9.59. The van der Waals surface area contributed by atoms with E-state index < -0.39 is 5.97 Å². The van der Waals surface area contributed by atoms with Crippen LogP contribution in [-0.2, 0) is 4.79 Å². The van der Waals surface area contributed by atoms with E-state index in [1.54, 1.807) is 0 Å². The highest BCUT2D eigenvalue weighted by atomic mass is 16.4. The van der Waals surface area contributed by atoms with Crippen LogP contribution in [0, 0.1) is 35.0 Å². The number of carboxylic acids is 1. The van der Waals surface area contributed by atoms with E-state index in [4.69, 9.17) is 0 Å². The summed E-state index contributed by atoms with van der Waals surface area (Å²) in [7, 11) is 0. The molecule has 0 radical (unpaired) electrons. The molecule has 2 fully saturated rings. The predicted molar refractivity (Wildman–Crippen MR) is 71.1 cm³/mol. The van der Waals surface area contributed by atoms with Crippen LogP contribution in [0.4, 0.5) is 0 Å². The summed E-state index contributed by atoms with van der Waals surface area (Å²) in [4.78, 5) is 11.4. The molecular formula is C16H24O2. The zero-order chi connectivity index (χ0) is 13.1. The molecule has 3 rings (SSSR count). The third-order valence-corrected chi connectivity index (χ3v) is 6.15. The van der Waals surface area contributed by atoms with Crippen LogP contribution < -0.4 is 0 Å². The molecule has 2 nitrogen and oxygen atoms in total. The molecular weight excluding hydrogens is 224 g/mol. The van der Waals surface area contributed by atoms with Gasteiger partial charge >= 0.3 is 5.97 Å². The third kappa shape index (κ3) is 1.50. The summed E-state index contributed by atoms with van der Waals surface area (Å²) in [6, 6.07) is 0. The second-order valence-electron chi connectivity index (χ2n) is 7.30. The molecule has 0 heterocycles. The molecule has 2 saturated carbocycles. The summed E-state index contributed by atoms with van der Waals surface area (Å²) < 4.78 is 0. The van der Waals surface area contributed by atoms with Gasteiger partial charge in [-0.2, -0.15) is 0 Å². The van der Waals surface area contributed by atoms with Gasteiger partial charge in [0.1, 0.15) is 0 Å². The van der Waals surface area contributed by atoms with Gasteiger partial charge < -0.3 is 5.11 Å². The van der Waals surface area contributed by atoms with Crippen LogP contribution in [-0.4, -0.2) is 11.1 Å². The molecule has 5 unspecified atom stereocenters.